The fraction of sp³-hybridized carbons (Fsp3) is 0.125. The Hall–Kier alpha value is -2.66. The lowest BCUT2D eigenvalue weighted by Crippen LogP contribution is -2.16. The van der Waals surface area contributed by atoms with Gasteiger partial charge in [-0.25, -0.2) is 9.97 Å². The van der Waals surface area contributed by atoms with Crippen LogP contribution in [0.15, 0.2) is 45.7 Å². The van der Waals surface area contributed by atoms with Gasteiger partial charge in [-0.1, -0.05) is 23.9 Å². The Morgan fingerprint density at radius 1 is 1.22 bits per heavy atom. The first kappa shape index (κ1) is 19.1. The molecule has 0 aliphatic rings. The van der Waals surface area contributed by atoms with Crippen molar-refractivity contribution in [2.75, 3.05) is 0 Å². The Bertz CT molecular complexity index is 1030. The van der Waals surface area contributed by atoms with Gasteiger partial charge in [0.1, 0.15) is 5.01 Å². The van der Waals surface area contributed by atoms with Crippen molar-refractivity contribution in [3.8, 4) is 10.6 Å². The van der Waals surface area contributed by atoms with E-state index in [-0.39, 0.29) is 10.9 Å². The van der Waals surface area contributed by atoms with Crippen LogP contribution in [-0.2, 0) is 11.9 Å². The molecule has 0 aliphatic heterocycles. The van der Waals surface area contributed by atoms with E-state index in [1.54, 1.807) is 29.6 Å². The monoisotopic (exact) mass is 412 g/mol. The summed E-state index contributed by atoms with van der Waals surface area (Å²) in [5, 5.41) is 2.32. The summed E-state index contributed by atoms with van der Waals surface area (Å²) < 4.78 is 38.1. The van der Waals surface area contributed by atoms with Crippen LogP contribution in [-0.4, -0.2) is 20.9 Å². The summed E-state index contributed by atoms with van der Waals surface area (Å²) in [6, 6.07) is 7.01. The van der Waals surface area contributed by atoms with E-state index >= 15 is 0 Å². The molecule has 3 N–H and O–H groups in total. The molecule has 0 saturated heterocycles. The number of thioether (sulfide) groups is 1. The minimum atomic E-state index is -4.69. The summed E-state index contributed by atoms with van der Waals surface area (Å²) in [6.07, 6.45) is -4.69. The molecule has 0 aliphatic carbocycles. The third-order valence-electron chi connectivity index (χ3n) is 3.34. The number of nitrogens with one attached hydrogen (secondary N) is 1. The lowest BCUT2D eigenvalue weighted by Gasteiger charge is -2.06. The molecular formula is C16H11F3N4O2S2. The third kappa shape index (κ3) is 4.74. The number of nitrogens with two attached hydrogens (primary N) is 1. The Morgan fingerprint density at radius 2 is 1.93 bits per heavy atom. The lowest BCUT2D eigenvalue weighted by molar-refractivity contribution is -0.141. The molecule has 2 aromatic heterocycles. The highest BCUT2D eigenvalue weighted by molar-refractivity contribution is 7.98. The molecule has 0 saturated carbocycles. The van der Waals surface area contributed by atoms with Crippen LogP contribution in [0, 0.1) is 0 Å². The smallest absolute Gasteiger partial charge is 0.366 e. The highest BCUT2D eigenvalue weighted by Crippen LogP contribution is 2.29. The van der Waals surface area contributed by atoms with Gasteiger partial charge in [-0.2, -0.15) is 13.2 Å². The van der Waals surface area contributed by atoms with Gasteiger partial charge in [0.2, 0.25) is 5.91 Å². The van der Waals surface area contributed by atoms with Crippen LogP contribution in [0.3, 0.4) is 0 Å². The second-order valence-electron chi connectivity index (χ2n) is 5.31. The van der Waals surface area contributed by atoms with Crippen molar-refractivity contribution >= 4 is 29.0 Å². The lowest BCUT2D eigenvalue weighted by atomic mass is 10.1. The minimum Gasteiger partial charge on any atom is -0.366 e. The van der Waals surface area contributed by atoms with Gasteiger partial charge in [0.25, 0.3) is 5.56 Å². The van der Waals surface area contributed by atoms with E-state index in [0.29, 0.717) is 22.3 Å². The SMILES string of the molecule is NC(=O)c1ccc(-c2nc(CSc3nc(C(F)(F)F)cc(=O)[nH]3)cs2)cc1. The molecule has 11 heteroatoms. The Kier molecular flexibility index (Phi) is 5.33. The molecule has 0 fully saturated rings. The average molecular weight is 412 g/mol. The van der Waals surface area contributed by atoms with Crippen LogP contribution in [0.4, 0.5) is 13.2 Å². The maximum atomic E-state index is 12.7. The molecule has 6 nitrogen and oxygen atoms in total. The Morgan fingerprint density at radius 3 is 2.56 bits per heavy atom. The number of aromatic amines is 1. The van der Waals surface area contributed by atoms with E-state index in [4.69, 9.17) is 5.73 Å². The summed E-state index contributed by atoms with van der Waals surface area (Å²) in [5.41, 5.74) is 4.88. The molecule has 2 heterocycles. The first-order chi connectivity index (χ1) is 12.7. The molecule has 0 radical (unpaired) electrons. The van der Waals surface area contributed by atoms with Gasteiger partial charge < -0.3 is 10.7 Å². The Balaban J connectivity index is 1.72. The topological polar surface area (TPSA) is 102 Å². The number of carbonyl (C=O) groups excluding carboxylic acids is 1. The molecule has 140 valence electrons. The average Bonchev–Trinajstić information content (AvgIpc) is 3.08. The van der Waals surface area contributed by atoms with Crippen LogP contribution in [0.5, 0.6) is 0 Å². The van der Waals surface area contributed by atoms with Crippen LogP contribution in [0.2, 0.25) is 0 Å². The zero-order valence-electron chi connectivity index (χ0n) is 13.4. The maximum absolute atomic E-state index is 12.7. The fourth-order valence-corrected chi connectivity index (χ4v) is 3.77. The molecule has 0 spiro atoms. The van der Waals surface area contributed by atoms with Crippen molar-refractivity contribution in [1.82, 2.24) is 15.0 Å². The predicted octanol–water partition coefficient (Wildman–Crippen LogP) is 3.30. The van der Waals surface area contributed by atoms with Gasteiger partial charge in [-0.3, -0.25) is 9.59 Å². The van der Waals surface area contributed by atoms with Crippen molar-refractivity contribution in [3.63, 3.8) is 0 Å². The number of aromatic nitrogens is 3. The quantitative estimate of drug-likeness (QED) is 0.495. The van der Waals surface area contributed by atoms with Crippen LogP contribution < -0.4 is 11.3 Å². The Labute approximate surface area is 158 Å². The number of nitrogens with zero attached hydrogens (tertiary/aromatic N) is 2. The number of thiazole rings is 1. The van der Waals surface area contributed by atoms with Gasteiger partial charge in [0.15, 0.2) is 10.9 Å². The molecule has 1 aromatic carbocycles. The van der Waals surface area contributed by atoms with Crippen LogP contribution in [0.1, 0.15) is 21.7 Å². The van der Waals surface area contributed by atoms with Gasteiger partial charge in [-0.05, 0) is 12.1 Å². The number of primary amides is 1. The highest BCUT2D eigenvalue weighted by Gasteiger charge is 2.33. The summed E-state index contributed by atoms with van der Waals surface area (Å²) in [5.74, 6) is -0.291. The number of H-pyrrole nitrogens is 1. The van der Waals surface area contributed by atoms with E-state index in [0.717, 1.165) is 17.3 Å². The number of rotatable bonds is 5. The van der Waals surface area contributed by atoms with E-state index in [9.17, 15) is 22.8 Å². The predicted molar refractivity (Wildman–Crippen MR) is 95.5 cm³/mol. The van der Waals surface area contributed by atoms with Crippen molar-refractivity contribution in [2.45, 2.75) is 17.1 Å². The number of alkyl halides is 3. The summed E-state index contributed by atoms with van der Waals surface area (Å²) in [6.45, 7) is 0. The number of amides is 1. The third-order valence-corrected chi connectivity index (χ3v) is 5.18. The summed E-state index contributed by atoms with van der Waals surface area (Å²) in [4.78, 5) is 32.6. The number of benzene rings is 1. The number of hydrogen-bond acceptors (Lipinski definition) is 6. The summed E-state index contributed by atoms with van der Waals surface area (Å²) >= 11 is 2.30. The molecule has 0 bridgehead atoms. The molecular weight excluding hydrogens is 401 g/mol. The van der Waals surface area contributed by atoms with Crippen molar-refractivity contribution in [1.29, 1.82) is 0 Å². The minimum absolute atomic E-state index is 0.129. The van der Waals surface area contributed by atoms with Gasteiger partial charge in [0, 0.05) is 28.3 Å². The maximum Gasteiger partial charge on any atom is 0.433 e. The zero-order valence-corrected chi connectivity index (χ0v) is 15.0. The second-order valence-corrected chi connectivity index (χ2v) is 7.13. The number of carbonyl (C=O) groups is 1. The van der Waals surface area contributed by atoms with E-state index in [1.165, 1.54) is 11.3 Å². The van der Waals surface area contributed by atoms with E-state index < -0.39 is 23.3 Å². The van der Waals surface area contributed by atoms with Gasteiger partial charge in [0.05, 0.1) is 5.69 Å². The van der Waals surface area contributed by atoms with Crippen molar-refractivity contribution in [2.24, 2.45) is 5.73 Å². The molecule has 0 atom stereocenters. The van der Waals surface area contributed by atoms with Crippen LogP contribution in [0.25, 0.3) is 10.6 Å². The van der Waals surface area contributed by atoms with Crippen molar-refractivity contribution in [3.05, 3.63) is 63.0 Å². The van der Waals surface area contributed by atoms with E-state index in [1.807, 2.05) is 0 Å². The normalized spacial score (nSPS) is 11.5. The fourth-order valence-electron chi connectivity index (χ4n) is 2.07. The van der Waals surface area contributed by atoms with Gasteiger partial charge >= 0.3 is 6.18 Å². The zero-order chi connectivity index (χ0) is 19.6. The van der Waals surface area contributed by atoms with E-state index in [2.05, 4.69) is 15.0 Å². The highest BCUT2D eigenvalue weighted by atomic mass is 32.2. The second kappa shape index (κ2) is 7.53. The van der Waals surface area contributed by atoms with Gasteiger partial charge in [-0.15, -0.1) is 11.3 Å². The molecule has 27 heavy (non-hydrogen) atoms. The molecule has 3 rings (SSSR count). The molecule has 3 aromatic rings. The number of hydrogen-bond donors (Lipinski definition) is 2. The first-order valence-electron chi connectivity index (χ1n) is 7.38. The number of halogens is 3. The largest absolute Gasteiger partial charge is 0.433 e. The molecule has 0 unspecified atom stereocenters. The molecule has 1 amide bonds. The standard InChI is InChI=1S/C16H11F3N4O2S2/c17-16(18,19)11-5-12(24)23-15(22-11)27-7-10-6-26-14(21-10)9-3-1-8(2-4-9)13(20)25/h1-6H,7H2,(H2,20,25)(H,22,23,24). The summed E-state index contributed by atoms with van der Waals surface area (Å²) in [7, 11) is 0. The van der Waals surface area contributed by atoms with Crippen molar-refractivity contribution < 1.29 is 18.0 Å². The van der Waals surface area contributed by atoms with Crippen LogP contribution >= 0.6 is 23.1 Å². The first-order valence-corrected chi connectivity index (χ1v) is 9.25.